The van der Waals surface area contributed by atoms with E-state index in [9.17, 15) is 9.59 Å². The number of hydrogen-bond acceptors (Lipinski definition) is 4. The molecule has 0 aromatic rings. The highest BCUT2D eigenvalue weighted by Crippen LogP contribution is 2.12. The summed E-state index contributed by atoms with van der Waals surface area (Å²) in [6.07, 6.45) is 14.5. The van der Waals surface area contributed by atoms with Crippen molar-refractivity contribution in [2.45, 2.75) is 84.0 Å². The van der Waals surface area contributed by atoms with E-state index >= 15 is 0 Å². The van der Waals surface area contributed by atoms with E-state index in [1.807, 2.05) is 14.1 Å². The predicted molar refractivity (Wildman–Crippen MR) is 104 cm³/mol. The number of carbonyl (C=O) groups is 2. The summed E-state index contributed by atoms with van der Waals surface area (Å²) in [4.78, 5) is 24.8. The smallest absolute Gasteiger partial charge is 0.305 e. The van der Waals surface area contributed by atoms with Crippen LogP contribution in [0.2, 0.25) is 0 Å². The first-order chi connectivity index (χ1) is 12.1. The minimum Gasteiger partial charge on any atom is -0.464 e. The Kier molecular flexibility index (Phi) is 16.9. The number of rotatable bonds is 17. The maximum absolute atomic E-state index is 11.6. The van der Waals surface area contributed by atoms with Crippen LogP contribution < -0.4 is 5.32 Å². The maximum Gasteiger partial charge on any atom is 0.305 e. The summed E-state index contributed by atoms with van der Waals surface area (Å²) < 4.78 is 5.12. The second kappa shape index (κ2) is 17.7. The van der Waals surface area contributed by atoms with Crippen LogP contribution in [0, 0.1) is 0 Å². The molecule has 0 saturated heterocycles. The second-order valence-electron chi connectivity index (χ2n) is 7.09. The summed E-state index contributed by atoms with van der Waals surface area (Å²) in [7, 11) is 3.68. The normalized spacial score (nSPS) is 10.9. The first kappa shape index (κ1) is 23.9. The van der Waals surface area contributed by atoms with Crippen molar-refractivity contribution in [2.24, 2.45) is 0 Å². The molecule has 0 bridgehead atoms. The van der Waals surface area contributed by atoms with Crippen LogP contribution in [0.3, 0.4) is 0 Å². The van der Waals surface area contributed by atoms with Gasteiger partial charge in [-0.2, -0.15) is 0 Å². The molecule has 0 aromatic carbocycles. The van der Waals surface area contributed by atoms with Crippen LogP contribution in [0.5, 0.6) is 0 Å². The van der Waals surface area contributed by atoms with E-state index in [0.29, 0.717) is 19.5 Å². The molecule has 0 fully saturated rings. The van der Waals surface area contributed by atoms with Gasteiger partial charge in [0, 0.05) is 6.42 Å². The SMILES string of the molecule is CCCCCCCCCCCCCC(=O)OCCNC(=O)CN(C)C. The molecule has 0 saturated carbocycles. The summed E-state index contributed by atoms with van der Waals surface area (Å²) >= 11 is 0. The van der Waals surface area contributed by atoms with E-state index in [0.717, 1.165) is 12.8 Å². The summed E-state index contributed by atoms with van der Waals surface area (Å²) in [5.74, 6) is -0.204. The van der Waals surface area contributed by atoms with Crippen molar-refractivity contribution in [3.63, 3.8) is 0 Å². The van der Waals surface area contributed by atoms with Gasteiger partial charge >= 0.3 is 5.97 Å². The summed E-state index contributed by atoms with van der Waals surface area (Å²) in [6, 6.07) is 0. The molecule has 1 N–H and O–H groups in total. The fraction of sp³-hybridized carbons (Fsp3) is 0.900. The molecule has 0 heterocycles. The molecular formula is C20H40N2O3. The van der Waals surface area contributed by atoms with Crippen LogP contribution in [-0.4, -0.2) is 50.6 Å². The van der Waals surface area contributed by atoms with E-state index in [-0.39, 0.29) is 18.5 Å². The topological polar surface area (TPSA) is 58.6 Å². The van der Waals surface area contributed by atoms with E-state index in [2.05, 4.69) is 12.2 Å². The fourth-order valence-electron chi connectivity index (χ4n) is 2.70. The molecule has 0 atom stereocenters. The molecule has 0 aliphatic rings. The lowest BCUT2D eigenvalue weighted by molar-refractivity contribution is -0.144. The maximum atomic E-state index is 11.6. The van der Waals surface area contributed by atoms with Gasteiger partial charge in [-0.05, 0) is 20.5 Å². The molecule has 25 heavy (non-hydrogen) atoms. The Labute approximate surface area is 154 Å². The number of nitrogens with one attached hydrogen (secondary N) is 1. The van der Waals surface area contributed by atoms with Crippen LogP contribution >= 0.6 is 0 Å². The zero-order chi connectivity index (χ0) is 18.8. The van der Waals surface area contributed by atoms with Crippen molar-refractivity contribution in [3.8, 4) is 0 Å². The standard InChI is InChI=1S/C20H40N2O3/c1-4-5-6-7-8-9-10-11-12-13-14-15-20(24)25-17-16-21-19(23)18-22(2)3/h4-18H2,1-3H3,(H,21,23). The van der Waals surface area contributed by atoms with E-state index < -0.39 is 0 Å². The van der Waals surface area contributed by atoms with Gasteiger partial charge in [0.25, 0.3) is 0 Å². The van der Waals surface area contributed by atoms with Crippen LogP contribution in [0.4, 0.5) is 0 Å². The first-order valence-corrected chi connectivity index (χ1v) is 10.1. The van der Waals surface area contributed by atoms with Crippen molar-refractivity contribution < 1.29 is 14.3 Å². The second-order valence-corrected chi connectivity index (χ2v) is 7.09. The molecule has 0 aliphatic heterocycles. The Bertz CT molecular complexity index is 333. The molecule has 0 spiro atoms. The zero-order valence-corrected chi connectivity index (χ0v) is 16.8. The summed E-state index contributed by atoms with van der Waals surface area (Å²) in [5.41, 5.74) is 0. The van der Waals surface area contributed by atoms with Gasteiger partial charge in [-0.25, -0.2) is 0 Å². The molecule has 1 amide bonds. The first-order valence-electron chi connectivity index (χ1n) is 10.1. The van der Waals surface area contributed by atoms with Gasteiger partial charge in [-0.15, -0.1) is 0 Å². The Morgan fingerprint density at radius 3 is 1.88 bits per heavy atom. The number of unbranched alkanes of at least 4 members (excludes halogenated alkanes) is 10. The van der Waals surface area contributed by atoms with Crippen LogP contribution in [-0.2, 0) is 14.3 Å². The van der Waals surface area contributed by atoms with Gasteiger partial charge in [-0.3, -0.25) is 9.59 Å². The van der Waals surface area contributed by atoms with Gasteiger partial charge < -0.3 is 15.0 Å². The van der Waals surface area contributed by atoms with Gasteiger partial charge in [-0.1, -0.05) is 71.1 Å². The quantitative estimate of drug-likeness (QED) is 0.317. The number of amides is 1. The Balaban J connectivity index is 3.27. The molecule has 5 nitrogen and oxygen atoms in total. The molecule has 148 valence electrons. The molecular weight excluding hydrogens is 316 g/mol. The molecule has 5 heteroatoms. The third-order valence-electron chi connectivity index (χ3n) is 4.13. The molecule has 0 unspecified atom stereocenters. The van der Waals surface area contributed by atoms with Gasteiger partial charge in [0.15, 0.2) is 0 Å². The number of carbonyl (C=O) groups excluding carboxylic acids is 2. The van der Waals surface area contributed by atoms with Crippen LogP contribution in [0.15, 0.2) is 0 Å². The Hall–Kier alpha value is -1.10. The van der Waals surface area contributed by atoms with Crippen molar-refractivity contribution >= 4 is 11.9 Å². The van der Waals surface area contributed by atoms with Crippen molar-refractivity contribution in [1.29, 1.82) is 0 Å². The lowest BCUT2D eigenvalue weighted by Crippen LogP contribution is -2.35. The summed E-state index contributed by atoms with van der Waals surface area (Å²) in [6.45, 7) is 3.25. The predicted octanol–water partition coefficient (Wildman–Crippen LogP) is 3.91. The highest BCUT2D eigenvalue weighted by molar-refractivity contribution is 5.77. The van der Waals surface area contributed by atoms with Gasteiger partial charge in [0.2, 0.25) is 5.91 Å². The largest absolute Gasteiger partial charge is 0.464 e. The van der Waals surface area contributed by atoms with Gasteiger partial charge in [0.05, 0.1) is 13.1 Å². The zero-order valence-electron chi connectivity index (χ0n) is 16.8. The monoisotopic (exact) mass is 356 g/mol. The third kappa shape index (κ3) is 19.1. The average Bonchev–Trinajstić information content (AvgIpc) is 2.56. The number of nitrogens with zero attached hydrogens (tertiary/aromatic N) is 1. The minimum absolute atomic E-state index is 0.0496. The number of esters is 1. The van der Waals surface area contributed by atoms with E-state index in [1.165, 1.54) is 57.8 Å². The van der Waals surface area contributed by atoms with E-state index in [1.54, 1.807) is 4.90 Å². The highest BCUT2D eigenvalue weighted by Gasteiger charge is 2.04. The summed E-state index contributed by atoms with van der Waals surface area (Å²) in [5, 5.41) is 2.72. The van der Waals surface area contributed by atoms with Crippen molar-refractivity contribution in [2.75, 3.05) is 33.8 Å². The van der Waals surface area contributed by atoms with Crippen molar-refractivity contribution in [1.82, 2.24) is 10.2 Å². The van der Waals surface area contributed by atoms with Crippen molar-refractivity contribution in [3.05, 3.63) is 0 Å². The fourth-order valence-corrected chi connectivity index (χ4v) is 2.70. The molecule has 0 rings (SSSR count). The minimum atomic E-state index is -0.155. The average molecular weight is 357 g/mol. The lowest BCUT2D eigenvalue weighted by atomic mass is 10.1. The lowest BCUT2D eigenvalue weighted by Gasteiger charge is -2.10. The third-order valence-corrected chi connectivity index (χ3v) is 4.13. The number of hydrogen-bond donors (Lipinski definition) is 1. The van der Waals surface area contributed by atoms with Crippen LogP contribution in [0.25, 0.3) is 0 Å². The molecule has 0 aromatic heterocycles. The van der Waals surface area contributed by atoms with Crippen LogP contribution in [0.1, 0.15) is 84.0 Å². The highest BCUT2D eigenvalue weighted by atomic mass is 16.5. The molecule has 0 radical (unpaired) electrons. The molecule has 0 aliphatic carbocycles. The number of likely N-dealkylation sites (N-methyl/N-ethyl adjacent to an activating group) is 1. The number of ether oxygens (including phenoxy) is 1. The Morgan fingerprint density at radius 1 is 0.840 bits per heavy atom. The van der Waals surface area contributed by atoms with E-state index in [4.69, 9.17) is 4.74 Å². The van der Waals surface area contributed by atoms with Gasteiger partial charge in [0.1, 0.15) is 6.61 Å². The Morgan fingerprint density at radius 2 is 1.36 bits per heavy atom.